The molecule has 43 heavy (non-hydrogen) atoms. The summed E-state index contributed by atoms with van der Waals surface area (Å²) < 4.78 is 36.7. The molecule has 5 aromatic rings. The van der Waals surface area contributed by atoms with E-state index in [2.05, 4.69) is 46.4 Å². The van der Waals surface area contributed by atoms with Gasteiger partial charge >= 0.3 is 0 Å². The first-order valence-corrected chi connectivity index (χ1v) is 15.1. The van der Waals surface area contributed by atoms with Crippen LogP contribution in [0.5, 0.6) is 0 Å². The number of halogens is 3. The van der Waals surface area contributed by atoms with E-state index in [1.807, 2.05) is 60.9 Å². The Kier molecular flexibility index (Phi) is 7.48. The molecule has 0 amide bonds. The van der Waals surface area contributed by atoms with Crippen LogP contribution in [-0.2, 0) is 20.8 Å². The molecule has 2 fully saturated rings. The molecular formula is C34H30Cl2FN3O3. The molecule has 7 rings (SSSR count). The molecule has 2 aromatic heterocycles. The van der Waals surface area contributed by atoms with E-state index >= 15 is 4.39 Å². The lowest BCUT2D eigenvalue weighted by atomic mass is 9.92. The summed E-state index contributed by atoms with van der Waals surface area (Å²) >= 11 is 12.5. The van der Waals surface area contributed by atoms with E-state index in [0.29, 0.717) is 23.7 Å². The number of aromatic nitrogens is 3. The predicted molar refractivity (Wildman–Crippen MR) is 164 cm³/mol. The minimum absolute atomic E-state index is 0.0805. The Balaban J connectivity index is 1.22. The number of hydrogen-bond donors (Lipinski definition) is 0. The van der Waals surface area contributed by atoms with Gasteiger partial charge < -0.3 is 18.8 Å². The molecule has 1 aliphatic carbocycles. The summed E-state index contributed by atoms with van der Waals surface area (Å²) in [5.41, 5.74) is 4.78. The zero-order valence-electron chi connectivity index (χ0n) is 23.7. The summed E-state index contributed by atoms with van der Waals surface area (Å²) in [6, 6.07) is 26.2. The summed E-state index contributed by atoms with van der Waals surface area (Å²) in [5.74, 6) is -1.40. The quantitative estimate of drug-likeness (QED) is 0.171. The second-order valence-electron chi connectivity index (χ2n) is 11.6. The number of benzene rings is 3. The second kappa shape index (κ2) is 11.3. The van der Waals surface area contributed by atoms with Gasteiger partial charge in [-0.15, -0.1) is 0 Å². The van der Waals surface area contributed by atoms with E-state index in [-0.39, 0.29) is 40.8 Å². The van der Waals surface area contributed by atoms with Crippen LogP contribution in [0.25, 0.3) is 22.2 Å². The van der Waals surface area contributed by atoms with Gasteiger partial charge in [0.1, 0.15) is 23.2 Å². The van der Waals surface area contributed by atoms with Crippen LogP contribution in [-0.4, -0.2) is 32.5 Å². The van der Waals surface area contributed by atoms with Gasteiger partial charge in [-0.25, -0.2) is 14.4 Å². The molecule has 0 bridgehead atoms. The van der Waals surface area contributed by atoms with Crippen molar-refractivity contribution in [3.63, 3.8) is 0 Å². The van der Waals surface area contributed by atoms with Gasteiger partial charge in [0.25, 0.3) is 0 Å². The third kappa shape index (κ3) is 5.45. The molecule has 9 heteroatoms. The minimum atomic E-state index is -0.821. The first kappa shape index (κ1) is 28.4. The van der Waals surface area contributed by atoms with Crippen LogP contribution in [0.2, 0.25) is 10.2 Å². The topological polar surface area (TPSA) is 58.4 Å². The lowest BCUT2D eigenvalue weighted by Crippen LogP contribution is -2.30. The van der Waals surface area contributed by atoms with E-state index in [1.54, 1.807) is 0 Å². The minimum Gasteiger partial charge on any atom is -0.368 e. The Hall–Kier alpha value is -3.33. The molecule has 1 saturated heterocycles. The van der Waals surface area contributed by atoms with Crippen molar-refractivity contribution in [3.8, 4) is 11.1 Å². The maximum absolute atomic E-state index is 15.1. The SMILES string of the molecule is CC1(C)O[C@@H]2[C@H](O1)[C@@H](C(OCc1ccc(-c3ccccc3)cc1)c1ccc(Cl)cc1)C[C@@H]2n1cc(F)c2c(Cl)ncnc21. The molecule has 3 heterocycles. The van der Waals surface area contributed by atoms with Gasteiger partial charge in [0, 0.05) is 17.1 Å². The highest BCUT2D eigenvalue weighted by Crippen LogP contribution is 2.52. The molecule has 1 unspecified atom stereocenters. The fourth-order valence-corrected chi connectivity index (χ4v) is 6.89. The van der Waals surface area contributed by atoms with Gasteiger partial charge in [0.2, 0.25) is 0 Å². The van der Waals surface area contributed by atoms with Crippen LogP contribution in [0.3, 0.4) is 0 Å². The Labute approximate surface area is 259 Å². The molecule has 3 aromatic carbocycles. The van der Waals surface area contributed by atoms with Crippen LogP contribution in [0.1, 0.15) is 43.5 Å². The van der Waals surface area contributed by atoms with Crippen molar-refractivity contribution >= 4 is 34.2 Å². The molecule has 0 spiro atoms. The second-order valence-corrected chi connectivity index (χ2v) is 12.4. The standard InChI is InChI=1S/C34H30Cl2FN3O3/c1-34(2)42-30-25(16-27(31(30)43-34)40-17-26(37)28-32(36)38-19-39-33(28)40)29(23-12-14-24(35)15-13-23)41-18-20-8-10-22(11-9-20)21-6-4-3-5-7-21/h3-15,17,19,25,27,29-31H,16,18H2,1-2H3/t25-,27+,29?,30-,31+/m1/s1. The Morgan fingerprint density at radius 3 is 2.37 bits per heavy atom. The van der Waals surface area contributed by atoms with Crippen molar-refractivity contribution in [1.29, 1.82) is 0 Å². The highest BCUT2D eigenvalue weighted by atomic mass is 35.5. The molecular weight excluding hydrogens is 588 g/mol. The fraction of sp³-hybridized carbons (Fsp3) is 0.294. The first-order valence-electron chi connectivity index (χ1n) is 14.3. The van der Waals surface area contributed by atoms with Crippen LogP contribution >= 0.6 is 23.2 Å². The summed E-state index contributed by atoms with van der Waals surface area (Å²) in [5, 5.41) is 0.928. The maximum Gasteiger partial charge on any atom is 0.163 e. The van der Waals surface area contributed by atoms with E-state index in [1.165, 1.54) is 18.1 Å². The summed E-state index contributed by atoms with van der Waals surface area (Å²) in [6.07, 6.45) is 2.40. The van der Waals surface area contributed by atoms with E-state index in [0.717, 1.165) is 16.7 Å². The van der Waals surface area contributed by atoms with Crippen LogP contribution in [0.15, 0.2) is 91.4 Å². The molecule has 0 radical (unpaired) electrons. The van der Waals surface area contributed by atoms with Gasteiger partial charge in [0.05, 0.1) is 30.2 Å². The van der Waals surface area contributed by atoms with Crippen LogP contribution in [0, 0.1) is 11.7 Å². The average Bonchev–Trinajstić information content (AvgIpc) is 3.63. The number of rotatable bonds is 7. The molecule has 2 aliphatic rings. The highest BCUT2D eigenvalue weighted by molar-refractivity contribution is 6.34. The van der Waals surface area contributed by atoms with Gasteiger partial charge in [-0.05, 0) is 54.7 Å². The zero-order chi connectivity index (χ0) is 29.7. The molecule has 0 N–H and O–H groups in total. The highest BCUT2D eigenvalue weighted by Gasteiger charge is 2.57. The van der Waals surface area contributed by atoms with Crippen molar-refractivity contribution < 1.29 is 18.6 Å². The van der Waals surface area contributed by atoms with E-state index in [4.69, 9.17) is 37.4 Å². The lowest BCUT2D eigenvalue weighted by molar-refractivity contribution is -0.167. The normalized spacial score (nSPS) is 23.5. The van der Waals surface area contributed by atoms with Crippen molar-refractivity contribution in [3.05, 3.63) is 119 Å². The smallest absolute Gasteiger partial charge is 0.163 e. The van der Waals surface area contributed by atoms with Crippen molar-refractivity contribution in [2.75, 3.05) is 0 Å². The third-order valence-corrected chi connectivity index (χ3v) is 8.97. The maximum atomic E-state index is 15.1. The molecule has 1 saturated carbocycles. The molecule has 5 atom stereocenters. The lowest BCUT2D eigenvalue weighted by Gasteiger charge is -2.30. The summed E-state index contributed by atoms with van der Waals surface area (Å²) in [7, 11) is 0. The number of nitrogens with zero attached hydrogens (tertiary/aromatic N) is 3. The largest absolute Gasteiger partial charge is 0.368 e. The molecule has 1 aliphatic heterocycles. The Bertz CT molecular complexity index is 1750. The first-order chi connectivity index (χ1) is 20.8. The van der Waals surface area contributed by atoms with E-state index in [9.17, 15) is 0 Å². The third-order valence-electron chi connectivity index (χ3n) is 8.43. The number of hydrogen-bond acceptors (Lipinski definition) is 5. The molecule has 6 nitrogen and oxygen atoms in total. The van der Waals surface area contributed by atoms with E-state index < -0.39 is 11.6 Å². The Morgan fingerprint density at radius 1 is 0.930 bits per heavy atom. The van der Waals surface area contributed by atoms with Crippen molar-refractivity contribution in [2.45, 2.75) is 57.0 Å². The fourth-order valence-electron chi connectivity index (χ4n) is 6.55. The number of ether oxygens (including phenoxy) is 3. The summed E-state index contributed by atoms with van der Waals surface area (Å²) in [6.45, 7) is 4.20. The Morgan fingerprint density at radius 2 is 1.63 bits per heavy atom. The van der Waals surface area contributed by atoms with Crippen LogP contribution in [0.4, 0.5) is 4.39 Å². The average molecular weight is 619 g/mol. The monoisotopic (exact) mass is 617 g/mol. The van der Waals surface area contributed by atoms with Gasteiger partial charge in [-0.3, -0.25) is 0 Å². The summed E-state index contributed by atoms with van der Waals surface area (Å²) in [4.78, 5) is 8.36. The predicted octanol–water partition coefficient (Wildman–Crippen LogP) is 8.58. The van der Waals surface area contributed by atoms with Gasteiger partial charge in [-0.1, -0.05) is 89.9 Å². The zero-order valence-corrected chi connectivity index (χ0v) is 25.2. The van der Waals surface area contributed by atoms with Gasteiger partial charge in [-0.2, -0.15) is 0 Å². The molecule has 220 valence electrons. The van der Waals surface area contributed by atoms with Crippen molar-refractivity contribution in [1.82, 2.24) is 14.5 Å². The van der Waals surface area contributed by atoms with Gasteiger partial charge in [0.15, 0.2) is 11.6 Å². The van der Waals surface area contributed by atoms with Crippen LogP contribution < -0.4 is 0 Å². The van der Waals surface area contributed by atoms with Crippen molar-refractivity contribution in [2.24, 2.45) is 5.92 Å². The number of fused-ring (bicyclic) bond motifs is 2.